The number of amides is 1. The molecule has 0 aromatic heterocycles. The Balaban J connectivity index is 2.53. The highest BCUT2D eigenvalue weighted by molar-refractivity contribution is 5.92. The highest BCUT2D eigenvalue weighted by atomic mass is 16.4. The lowest BCUT2D eigenvalue weighted by atomic mass is 9.65. The summed E-state index contributed by atoms with van der Waals surface area (Å²) in [4.78, 5) is 27.2. The second-order valence-corrected chi connectivity index (χ2v) is 9.41. The molecular formula is C18H32N2O3. The van der Waals surface area contributed by atoms with Crippen molar-refractivity contribution in [2.45, 2.75) is 72.4 Å². The number of carboxylic acids is 1. The molecule has 132 valence electrons. The van der Waals surface area contributed by atoms with Crippen LogP contribution in [-0.2, 0) is 9.59 Å². The topological polar surface area (TPSA) is 83.6 Å². The van der Waals surface area contributed by atoms with Gasteiger partial charge >= 0.3 is 5.97 Å². The van der Waals surface area contributed by atoms with Crippen LogP contribution in [0, 0.1) is 22.7 Å². The van der Waals surface area contributed by atoms with E-state index >= 15 is 0 Å². The van der Waals surface area contributed by atoms with Crippen molar-refractivity contribution in [1.82, 2.24) is 4.90 Å². The molecule has 1 aliphatic heterocycles. The van der Waals surface area contributed by atoms with E-state index in [-0.39, 0.29) is 17.7 Å². The molecule has 1 heterocycles. The van der Waals surface area contributed by atoms with Gasteiger partial charge in [0.05, 0.1) is 6.04 Å². The maximum atomic E-state index is 13.1. The van der Waals surface area contributed by atoms with Crippen LogP contribution in [-0.4, -0.2) is 40.0 Å². The summed E-state index contributed by atoms with van der Waals surface area (Å²) in [5.41, 5.74) is 4.11. The summed E-state index contributed by atoms with van der Waals surface area (Å²) in [6, 6.07) is -0.692. The van der Waals surface area contributed by atoms with Gasteiger partial charge in [-0.25, -0.2) is 4.79 Å². The molecule has 5 nitrogen and oxygen atoms in total. The fourth-order valence-corrected chi connectivity index (χ4v) is 4.74. The molecule has 0 aromatic rings. The predicted molar refractivity (Wildman–Crippen MR) is 89.8 cm³/mol. The van der Waals surface area contributed by atoms with Crippen molar-refractivity contribution >= 4 is 11.9 Å². The van der Waals surface area contributed by atoms with Gasteiger partial charge in [0.15, 0.2) is 0 Å². The van der Waals surface area contributed by atoms with E-state index < -0.39 is 28.4 Å². The van der Waals surface area contributed by atoms with E-state index in [4.69, 9.17) is 5.73 Å². The Morgan fingerprint density at radius 3 is 2.17 bits per heavy atom. The number of carbonyl (C=O) groups is 2. The number of carboxylic acid groups (broad SMARTS) is 1. The first-order valence-corrected chi connectivity index (χ1v) is 8.65. The van der Waals surface area contributed by atoms with Gasteiger partial charge in [-0.1, -0.05) is 48.0 Å². The van der Waals surface area contributed by atoms with Crippen LogP contribution < -0.4 is 5.73 Å². The molecule has 1 amide bonds. The number of carbonyl (C=O) groups excluding carboxylic acids is 1. The van der Waals surface area contributed by atoms with Crippen LogP contribution >= 0.6 is 0 Å². The molecule has 2 fully saturated rings. The third-order valence-electron chi connectivity index (χ3n) is 5.97. The fraction of sp³-hybridized carbons (Fsp3) is 0.889. The summed E-state index contributed by atoms with van der Waals surface area (Å²) in [5.74, 6) is -0.796. The molecule has 23 heavy (non-hydrogen) atoms. The Hall–Kier alpha value is -1.10. The van der Waals surface area contributed by atoms with E-state index in [1.54, 1.807) is 4.90 Å². The second kappa shape index (κ2) is 5.47. The minimum absolute atomic E-state index is 0.0242. The first-order chi connectivity index (χ1) is 10.3. The van der Waals surface area contributed by atoms with Crippen LogP contribution in [0.25, 0.3) is 0 Å². The van der Waals surface area contributed by atoms with Gasteiger partial charge in [0.25, 0.3) is 0 Å². The Bertz CT molecular complexity index is 503. The Labute approximate surface area is 139 Å². The second-order valence-electron chi connectivity index (χ2n) is 9.41. The molecule has 0 bridgehead atoms. The van der Waals surface area contributed by atoms with E-state index in [0.29, 0.717) is 6.54 Å². The third kappa shape index (κ3) is 2.57. The molecule has 4 atom stereocenters. The SMILES string of the molecule is CC(C)(C)[C@H](N)C(=O)N1C[C@@H]2CCC[C@@H]2[C@@]1(C(=O)O)C(C)(C)C. The van der Waals surface area contributed by atoms with Crippen LogP contribution in [0.1, 0.15) is 60.8 Å². The van der Waals surface area contributed by atoms with Crippen LogP contribution in [0.5, 0.6) is 0 Å². The molecule has 1 aliphatic carbocycles. The molecule has 2 aliphatic rings. The van der Waals surface area contributed by atoms with Crippen molar-refractivity contribution in [2.24, 2.45) is 28.4 Å². The quantitative estimate of drug-likeness (QED) is 0.817. The number of hydrogen-bond acceptors (Lipinski definition) is 3. The number of likely N-dealkylation sites (tertiary alicyclic amines) is 1. The Morgan fingerprint density at radius 1 is 1.17 bits per heavy atom. The lowest BCUT2D eigenvalue weighted by molar-refractivity contribution is -0.170. The van der Waals surface area contributed by atoms with Crippen molar-refractivity contribution in [1.29, 1.82) is 0 Å². The van der Waals surface area contributed by atoms with Gasteiger partial charge in [-0.15, -0.1) is 0 Å². The number of fused-ring (bicyclic) bond motifs is 1. The van der Waals surface area contributed by atoms with E-state index in [0.717, 1.165) is 19.3 Å². The molecule has 0 unspecified atom stereocenters. The lowest BCUT2D eigenvalue weighted by Gasteiger charge is -2.49. The maximum absolute atomic E-state index is 13.1. The van der Waals surface area contributed by atoms with Crippen LogP contribution in [0.15, 0.2) is 0 Å². The number of nitrogens with zero attached hydrogens (tertiary/aromatic N) is 1. The van der Waals surface area contributed by atoms with Gasteiger partial charge in [0.1, 0.15) is 5.54 Å². The zero-order valence-corrected chi connectivity index (χ0v) is 15.3. The Morgan fingerprint density at radius 2 is 1.74 bits per heavy atom. The summed E-state index contributed by atoms with van der Waals surface area (Å²) < 4.78 is 0. The van der Waals surface area contributed by atoms with Crippen molar-refractivity contribution in [3.8, 4) is 0 Å². The van der Waals surface area contributed by atoms with Gasteiger partial charge < -0.3 is 15.7 Å². The van der Waals surface area contributed by atoms with Gasteiger partial charge in [-0.3, -0.25) is 4.79 Å². The summed E-state index contributed by atoms with van der Waals surface area (Å²) in [6.45, 7) is 12.1. The molecule has 1 saturated carbocycles. The molecule has 2 rings (SSSR count). The number of nitrogens with two attached hydrogens (primary N) is 1. The number of hydrogen-bond donors (Lipinski definition) is 2. The highest BCUT2D eigenvalue weighted by Crippen LogP contribution is 2.56. The molecule has 0 radical (unpaired) electrons. The Kier molecular flexibility index (Phi) is 4.34. The van der Waals surface area contributed by atoms with Crippen molar-refractivity contribution < 1.29 is 14.7 Å². The zero-order valence-electron chi connectivity index (χ0n) is 15.3. The van der Waals surface area contributed by atoms with Crippen molar-refractivity contribution in [2.75, 3.05) is 6.54 Å². The van der Waals surface area contributed by atoms with Gasteiger partial charge in [-0.05, 0) is 35.5 Å². The summed E-state index contributed by atoms with van der Waals surface area (Å²) in [7, 11) is 0. The van der Waals surface area contributed by atoms with E-state index in [1.165, 1.54) is 0 Å². The van der Waals surface area contributed by atoms with Crippen LogP contribution in [0.2, 0.25) is 0 Å². The fourth-order valence-electron chi connectivity index (χ4n) is 4.74. The maximum Gasteiger partial charge on any atom is 0.330 e. The van der Waals surface area contributed by atoms with Gasteiger partial charge in [-0.2, -0.15) is 0 Å². The number of rotatable bonds is 2. The van der Waals surface area contributed by atoms with Crippen molar-refractivity contribution in [3.05, 3.63) is 0 Å². The standard InChI is InChI=1S/C18H32N2O3/c1-16(2,3)13(19)14(21)20-10-11-8-7-9-12(11)18(20,15(22)23)17(4,5)6/h11-13H,7-10,19H2,1-6H3,(H,22,23)/t11-,12-,13+,18+/m0/s1. The minimum atomic E-state index is -1.16. The highest BCUT2D eigenvalue weighted by Gasteiger charge is 2.67. The number of aliphatic carboxylic acids is 1. The first kappa shape index (κ1) is 18.2. The lowest BCUT2D eigenvalue weighted by Crippen LogP contribution is -2.67. The zero-order chi connectivity index (χ0) is 17.8. The third-order valence-corrected chi connectivity index (χ3v) is 5.97. The van der Waals surface area contributed by atoms with E-state index in [1.807, 2.05) is 41.5 Å². The molecule has 0 aromatic carbocycles. The minimum Gasteiger partial charge on any atom is -0.479 e. The normalized spacial score (nSPS) is 32.7. The molecule has 1 saturated heterocycles. The van der Waals surface area contributed by atoms with Crippen molar-refractivity contribution in [3.63, 3.8) is 0 Å². The summed E-state index contributed by atoms with van der Waals surface area (Å²) >= 11 is 0. The van der Waals surface area contributed by atoms with Crippen LogP contribution in [0.3, 0.4) is 0 Å². The largest absolute Gasteiger partial charge is 0.479 e. The van der Waals surface area contributed by atoms with Gasteiger partial charge in [0, 0.05) is 6.54 Å². The molecule has 3 N–H and O–H groups in total. The first-order valence-electron chi connectivity index (χ1n) is 8.65. The predicted octanol–water partition coefficient (Wildman–Crippen LogP) is 2.49. The smallest absolute Gasteiger partial charge is 0.330 e. The average molecular weight is 324 g/mol. The molecule has 5 heteroatoms. The van der Waals surface area contributed by atoms with Crippen LogP contribution in [0.4, 0.5) is 0 Å². The molecule has 0 spiro atoms. The monoisotopic (exact) mass is 324 g/mol. The summed E-state index contributed by atoms with van der Waals surface area (Å²) in [5, 5.41) is 10.2. The van der Waals surface area contributed by atoms with E-state index in [9.17, 15) is 14.7 Å². The molecular weight excluding hydrogens is 292 g/mol. The van der Waals surface area contributed by atoms with Gasteiger partial charge in [0.2, 0.25) is 5.91 Å². The average Bonchev–Trinajstić information content (AvgIpc) is 2.92. The summed E-state index contributed by atoms with van der Waals surface area (Å²) in [6.07, 6.45) is 2.93. The van der Waals surface area contributed by atoms with E-state index in [2.05, 4.69) is 0 Å².